The van der Waals surface area contributed by atoms with Gasteiger partial charge in [0.2, 0.25) is 5.56 Å². The van der Waals surface area contributed by atoms with Gasteiger partial charge >= 0.3 is 6.61 Å². The minimum Gasteiger partial charge on any atom is -0.434 e. The van der Waals surface area contributed by atoms with Crippen molar-refractivity contribution >= 4 is 11.0 Å². The van der Waals surface area contributed by atoms with Crippen LogP contribution < -0.4 is 10.3 Å². The number of nitrogens with zero attached hydrogens (tertiary/aromatic N) is 2. The van der Waals surface area contributed by atoms with Crippen LogP contribution in [0.4, 0.5) is 8.78 Å². The van der Waals surface area contributed by atoms with Gasteiger partial charge in [-0.2, -0.15) is 8.78 Å². The Kier molecular flexibility index (Phi) is 5.61. The van der Waals surface area contributed by atoms with Gasteiger partial charge < -0.3 is 14.3 Å². The van der Waals surface area contributed by atoms with E-state index >= 15 is 0 Å². The first-order chi connectivity index (χ1) is 14.5. The Morgan fingerprint density at radius 3 is 2.63 bits per heavy atom. The number of rotatable bonds is 7. The predicted octanol–water partition coefficient (Wildman–Crippen LogP) is 4.99. The number of halogens is 2. The number of hydrogen-bond donors (Lipinski definition) is 1. The van der Waals surface area contributed by atoms with Crippen molar-refractivity contribution in [2.75, 3.05) is 0 Å². The molecule has 0 aliphatic carbocycles. The lowest BCUT2D eigenvalue weighted by atomic mass is 10.1. The number of H-pyrrole nitrogens is 1. The molecule has 4 aromatic rings. The molecule has 154 valence electrons. The molecule has 2 heterocycles. The molecule has 0 spiro atoms. The average Bonchev–Trinajstić information content (AvgIpc) is 3.06. The topological polar surface area (TPSA) is 59.9 Å². The fourth-order valence-electron chi connectivity index (χ4n) is 3.55. The van der Waals surface area contributed by atoms with Crippen molar-refractivity contribution in [2.45, 2.75) is 32.9 Å². The lowest BCUT2D eigenvalue weighted by Crippen LogP contribution is -2.09. The Labute approximate surface area is 172 Å². The van der Waals surface area contributed by atoms with Crippen LogP contribution in [-0.4, -0.2) is 21.1 Å². The minimum absolute atomic E-state index is 0.161. The number of aromatic amines is 1. The van der Waals surface area contributed by atoms with Crippen LogP contribution >= 0.6 is 0 Å². The molecule has 30 heavy (non-hydrogen) atoms. The normalized spacial score (nSPS) is 11.3. The lowest BCUT2D eigenvalue weighted by Gasteiger charge is -2.14. The number of ether oxygens (including phenoxy) is 1. The molecule has 0 atom stereocenters. The second-order valence-corrected chi connectivity index (χ2v) is 7.00. The number of fused-ring (bicyclic) bond motifs is 1. The van der Waals surface area contributed by atoms with Gasteiger partial charge in [-0.25, -0.2) is 4.98 Å². The van der Waals surface area contributed by atoms with Crippen molar-refractivity contribution in [2.24, 2.45) is 0 Å². The maximum atomic E-state index is 12.8. The van der Waals surface area contributed by atoms with E-state index in [4.69, 9.17) is 9.72 Å². The van der Waals surface area contributed by atoms with E-state index in [0.29, 0.717) is 12.1 Å². The molecular weight excluding hydrogens is 388 g/mol. The first-order valence-corrected chi connectivity index (χ1v) is 9.76. The Morgan fingerprint density at radius 1 is 1.10 bits per heavy atom. The highest BCUT2D eigenvalue weighted by Crippen LogP contribution is 2.28. The summed E-state index contributed by atoms with van der Waals surface area (Å²) in [5.74, 6) is 1.05. The Balaban J connectivity index is 1.81. The number of aromatic nitrogens is 3. The summed E-state index contributed by atoms with van der Waals surface area (Å²) in [6.45, 7) is -0.444. The third kappa shape index (κ3) is 4.10. The van der Waals surface area contributed by atoms with Gasteiger partial charge in [-0.05, 0) is 41.8 Å². The predicted molar refractivity (Wildman–Crippen MR) is 112 cm³/mol. The van der Waals surface area contributed by atoms with Crippen molar-refractivity contribution in [1.29, 1.82) is 0 Å². The van der Waals surface area contributed by atoms with Crippen molar-refractivity contribution in [3.63, 3.8) is 0 Å². The number of aryl methyl sites for hydroxylation is 1. The molecule has 0 aliphatic heterocycles. The molecule has 0 saturated heterocycles. The van der Waals surface area contributed by atoms with Crippen LogP contribution in [0.3, 0.4) is 0 Å². The van der Waals surface area contributed by atoms with Crippen molar-refractivity contribution in [3.8, 4) is 16.9 Å². The van der Waals surface area contributed by atoms with Crippen molar-refractivity contribution < 1.29 is 13.5 Å². The number of pyridine rings is 1. The van der Waals surface area contributed by atoms with Crippen LogP contribution in [0.15, 0.2) is 65.6 Å². The highest BCUT2D eigenvalue weighted by atomic mass is 19.3. The smallest absolute Gasteiger partial charge is 0.387 e. The molecule has 0 unspecified atom stereocenters. The van der Waals surface area contributed by atoms with E-state index in [1.807, 2.05) is 22.8 Å². The molecule has 2 aromatic heterocycles. The number of para-hydroxylation sites is 1. The molecule has 1 N–H and O–H groups in total. The SMILES string of the molecule is CCCc1nc2ccc(-c3ccc(=O)[nH]c3)cc2n1Cc1ccccc1OC(F)F. The van der Waals surface area contributed by atoms with Gasteiger partial charge in [0.1, 0.15) is 11.6 Å². The van der Waals surface area contributed by atoms with Gasteiger partial charge in [0, 0.05) is 24.2 Å². The summed E-state index contributed by atoms with van der Waals surface area (Å²) in [6.07, 6.45) is 3.34. The van der Waals surface area contributed by atoms with Crippen LogP contribution in [0.2, 0.25) is 0 Å². The minimum atomic E-state index is -2.88. The van der Waals surface area contributed by atoms with Crippen molar-refractivity contribution in [3.05, 3.63) is 82.5 Å². The average molecular weight is 409 g/mol. The molecule has 4 rings (SSSR count). The van der Waals surface area contributed by atoms with Crippen LogP contribution in [0.1, 0.15) is 24.7 Å². The summed E-state index contributed by atoms with van der Waals surface area (Å²) >= 11 is 0. The van der Waals surface area contributed by atoms with E-state index in [2.05, 4.69) is 11.9 Å². The number of nitrogens with one attached hydrogen (secondary N) is 1. The Bertz CT molecular complexity index is 1210. The van der Waals surface area contributed by atoms with E-state index in [-0.39, 0.29) is 11.3 Å². The molecule has 0 fully saturated rings. The molecule has 0 bridgehead atoms. The van der Waals surface area contributed by atoms with E-state index in [9.17, 15) is 13.6 Å². The first-order valence-electron chi connectivity index (χ1n) is 9.76. The van der Waals surface area contributed by atoms with Gasteiger partial charge in [0.15, 0.2) is 0 Å². The fourth-order valence-corrected chi connectivity index (χ4v) is 3.55. The van der Waals surface area contributed by atoms with Crippen LogP contribution in [0.5, 0.6) is 5.75 Å². The Morgan fingerprint density at radius 2 is 1.90 bits per heavy atom. The highest BCUT2D eigenvalue weighted by Gasteiger charge is 2.15. The number of alkyl halides is 2. The lowest BCUT2D eigenvalue weighted by molar-refractivity contribution is -0.0504. The quantitative estimate of drug-likeness (QED) is 0.468. The first kappa shape index (κ1) is 19.8. The van der Waals surface area contributed by atoms with Gasteiger partial charge in [-0.15, -0.1) is 0 Å². The van der Waals surface area contributed by atoms with E-state index in [1.165, 1.54) is 6.07 Å². The standard InChI is InChI=1S/C23H21F2N3O2/c1-2-5-21-27-18-10-8-15(16-9-11-22(29)26-13-16)12-19(18)28(21)14-17-6-3-4-7-20(17)30-23(24)25/h3-4,6-13,23H,2,5,14H2,1H3,(H,26,29). The Hall–Kier alpha value is -3.48. The molecule has 5 nitrogen and oxygen atoms in total. The monoisotopic (exact) mass is 409 g/mol. The number of benzene rings is 2. The fraction of sp³-hybridized carbons (Fsp3) is 0.217. The molecular formula is C23H21F2N3O2. The van der Waals surface area contributed by atoms with E-state index in [1.54, 1.807) is 36.5 Å². The summed E-state index contributed by atoms with van der Waals surface area (Å²) in [5, 5.41) is 0. The third-order valence-electron chi connectivity index (χ3n) is 4.94. The summed E-state index contributed by atoms with van der Waals surface area (Å²) < 4.78 is 32.4. The maximum Gasteiger partial charge on any atom is 0.387 e. The van der Waals surface area contributed by atoms with Crippen LogP contribution in [0, 0.1) is 0 Å². The zero-order valence-corrected chi connectivity index (χ0v) is 16.4. The van der Waals surface area contributed by atoms with Gasteiger partial charge in [0.05, 0.1) is 17.6 Å². The summed E-state index contributed by atoms with van der Waals surface area (Å²) in [5.41, 5.74) is 4.03. The second-order valence-electron chi connectivity index (χ2n) is 7.00. The second kappa shape index (κ2) is 8.49. The van der Waals surface area contributed by atoms with Gasteiger partial charge in [-0.1, -0.05) is 31.2 Å². The van der Waals surface area contributed by atoms with Gasteiger partial charge in [-0.3, -0.25) is 4.79 Å². The molecule has 2 aromatic carbocycles. The zero-order valence-electron chi connectivity index (χ0n) is 16.4. The molecule has 0 amide bonds. The molecule has 7 heteroatoms. The summed E-state index contributed by atoms with van der Waals surface area (Å²) in [6, 6.07) is 16.0. The van der Waals surface area contributed by atoms with Crippen molar-refractivity contribution in [1.82, 2.24) is 14.5 Å². The summed E-state index contributed by atoms with van der Waals surface area (Å²) in [4.78, 5) is 18.8. The maximum absolute atomic E-state index is 12.8. The number of hydrogen-bond acceptors (Lipinski definition) is 3. The summed E-state index contributed by atoms with van der Waals surface area (Å²) in [7, 11) is 0. The zero-order chi connectivity index (χ0) is 21.1. The van der Waals surface area contributed by atoms with Crippen LogP contribution in [0.25, 0.3) is 22.2 Å². The largest absolute Gasteiger partial charge is 0.434 e. The van der Waals surface area contributed by atoms with Crippen LogP contribution in [-0.2, 0) is 13.0 Å². The number of imidazole rings is 1. The van der Waals surface area contributed by atoms with Gasteiger partial charge in [0.25, 0.3) is 0 Å². The molecule has 0 radical (unpaired) electrons. The highest BCUT2D eigenvalue weighted by molar-refractivity contribution is 5.82. The van der Waals surface area contributed by atoms with E-state index in [0.717, 1.165) is 40.8 Å². The molecule has 0 aliphatic rings. The third-order valence-corrected chi connectivity index (χ3v) is 4.94. The van der Waals surface area contributed by atoms with E-state index < -0.39 is 6.61 Å². The molecule has 0 saturated carbocycles.